The van der Waals surface area contributed by atoms with Gasteiger partial charge in [0.25, 0.3) is 0 Å². The van der Waals surface area contributed by atoms with E-state index in [0.29, 0.717) is 12.5 Å². The molecule has 0 radical (unpaired) electrons. The fraction of sp³-hybridized carbons (Fsp3) is 0.412. The number of aromatic nitrogens is 3. The molecule has 0 unspecified atom stereocenters. The molecule has 0 bridgehead atoms. The molecule has 1 atom stereocenters. The topological polar surface area (TPSA) is 30.7 Å². The summed E-state index contributed by atoms with van der Waals surface area (Å²) < 4.78 is 40.0. The molecule has 0 N–H and O–H groups in total. The number of nitrogens with zero attached hydrogens (tertiary/aromatic N) is 3. The summed E-state index contributed by atoms with van der Waals surface area (Å²) in [6.45, 7) is 6.37. The molecule has 0 saturated heterocycles. The predicted octanol–water partition coefficient (Wildman–Crippen LogP) is 5.21. The number of allylic oxidation sites excluding steroid dienone is 1. The molecule has 1 saturated carbocycles. The van der Waals surface area contributed by atoms with Crippen LogP contribution in [0.3, 0.4) is 0 Å². The maximum Gasteiger partial charge on any atom is 0.416 e. The normalized spacial score (nSPS) is 16.2. The molecule has 1 heterocycles. The zero-order valence-electron chi connectivity index (χ0n) is 13.3. The van der Waals surface area contributed by atoms with Crippen LogP contribution in [0.1, 0.15) is 47.9 Å². The van der Waals surface area contributed by atoms with Gasteiger partial charge in [0.1, 0.15) is 5.82 Å². The molecule has 1 aromatic heterocycles. The Kier molecular flexibility index (Phi) is 4.71. The standard InChI is InChI=1S/C17H18F3N3S/c1-3-10-23-15(13-4-5-13)21-22-16(23)24-11(2)12-6-8-14(9-7-12)17(18,19)20/h3,6-9,11,13H,1,4-5,10H2,2H3/t11-/m1/s1. The first-order chi connectivity index (χ1) is 11.4. The molecular weight excluding hydrogens is 335 g/mol. The fourth-order valence-corrected chi connectivity index (χ4v) is 3.49. The molecule has 1 aliphatic carbocycles. The van der Waals surface area contributed by atoms with Crippen molar-refractivity contribution in [2.24, 2.45) is 0 Å². The highest BCUT2D eigenvalue weighted by atomic mass is 32.2. The molecule has 128 valence electrons. The van der Waals surface area contributed by atoms with Crippen molar-refractivity contribution in [2.45, 2.75) is 48.8 Å². The van der Waals surface area contributed by atoms with Crippen LogP contribution in [-0.4, -0.2) is 14.8 Å². The van der Waals surface area contributed by atoms with E-state index in [1.54, 1.807) is 0 Å². The molecule has 7 heteroatoms. The van der Waals surface area contributed by atoms with Gasteiger partial charge < -0.3 is 4.57 Å². The zero-order chi connectivity index (χ0) is 17.3. The van der Waals surface area contributed by atoms with Gasteiger partial charge in [-0.25, -0.2) is 0 Å². The van der Waals surface area contributed by atoms with Crippen molar-refractivity contribution in [1.29, 1.82) is 0 Å². The summed E-state index contributed by atoms with van der Waals surface area (Å²) in [7, 11) is 0. The van der Waals surface area contributed by atoms with E-state index in [-0.39, 0.29) is 5.25 Å². The Morgan fingerprint density at radius 3 is 2.50 bits per heavy atom. The monoisotopic (exact) mass is 353 g/mol. The van der Waals surface area contributed by atoms with Gasteiger partial charge in [-0.15, -0.1) is 16.8 Å². The van der Waals surface area contributed by atoms with Gasteiger partial charge in [0.15, 0.2) is 5.16 Å². The van der Waals surface area contributed by atoms with Gasteiger partial charge in [0.05, 0.1) is 5.56 Å². The van der Waals surface area contributed by atoms with Crippen LogP contribution in [0.15, 0.2) is 42.1 Å². The SMILES string of the molecule is C=CCn1c(S[C@H](C)c2ccc(C(F)(F)F)cc2)nnc1C1CC1. The number of alkyl halides is 3. The van der Waals surface area contributed by atoms with Crippen molar-refractivity contribution < 1.29 is 13.2 Å². The Labute approximate surface area is 143 Å². The highest BCUT2D eigenvalue weighted by Gasteiger charge is 2.31. The zero-order valence-corrected chi connectivity index (χ0v) is 14.1. The van der Waals surface area contributed by atoms with Gasteiger partial charge in [-0.05, 0) is 37.5 Å². The number of thioether (sulfide) groups is 1. The number of halogens is 3. The molecule has 1 aromatic carbocycles. The van der Waals surface area contributed by atoms with E-state index in [2.05, 4.69) is 21.3 Å². The molecule has 24 heavy (non-hydrogen) atoms. The number of hydrogen-bond acceptors (Lipinski definition) is 3. The lowest BCUT2D eigenvalue weighted by atomic mass is 10.1. The summed E-state index contributed by atoms with van der Waals surface area (Å²) in [4.78, 5) is 0. The van der Waals surface area contributed by atoms with Crippen LogP contribution >= 0.6 is 11.8 Å². The first-order valence-electron chi connectivity index (χ1n) is 7.78. The van der Waals surface area contributed by atoms with E-state index < -0.39 is 11.7 Å². The lowest BCUT2D eigenvalue weighted by Gasteiger charge is -2.14. The Morgan fingerprint density at radius 2 is 1.96 bits per heavy atom. The van der Waals surface area contributed by atoms with Crippen LogP contribution < -0.4 is 0 Å². The van der Waals surface area contributed by atoms with E-state index >= 15 is 0 Å². The summed E-state index contributed by atoms with van der Waals surface area (Å²) in [6.07, 6.45) is -0.233. The van der Waals surface area contributed by atoms with Crippen molar-refractivity contribution >= 4 is 11.8 Å². The third-order valence-electron chi connectivity index (χ3n) is 3.99. The van der Waals surface area contributed by atoms with Crippen LogP contribution in [0.5, 0.6) is 0 Å². The van der Waals surface area contributed by atoms with E-state index in [4.69, 9.17) is 0 Å². The summed E-state index contributed by atoms with van der Waals surface area (Å²) in [5.74, 6) is 1.46. The quantitative estimate of drug-likeness (QED) is 0.527. The third-order valence-corrected chi connectivity index (χ3v) is 5.13. The summed E-state index contributed by atoms with van der Waals surface area (Å²) in [6, 6.07) is 5.29. The maximum absolute atomic E-state index is 12.7. The van der Waals surface area contributed by atoms with E-state index in [1.807, 2.05) is 13.0 Å². The molecule has 0 spiro atoms. The molecule has 1 aliphatic rings. The molecular formula is C17H18F3N3S. The van der Waals surface area contributed by atoms with Crippen molar-refractivity contribution in [1.82, 2.24) is 14.8 Å². The molecule has 1 fully saturated rings. The van der Waals surface area contributed by atoms with Crippen molar-refractivity contribution in [3.63, 3.8) is 0 Å². The van der Waals surface area contributed by atoms with Gasteiger partial charge in [0, 0.05) is 17.7 Å². The van der Waals surface area contributed by atoms with E-state index in [9.17, 15) is 13.2 Å². The number of hydrogen-bond donors (Lipinski definition) is 0. The van der Waals surface area contributed by atoms with Crippen molar-refractivity contribution in [3.8, 4) is 0 Å². The Morgan fingerprint density at radius 1 is 1.29 bits per heavy atom. The highest BCUT2D eigenvalue weighted by molar-refractivity contribution is 7.99. The molecule has 3 nitrogen and oxygen atoms in total. The van der Waals surface area contributed by atoms with Gasteiger partial charge >= 0.3 is 6.18 Å². The van der Waals surface area contributed by atoms with Gasteiger partial charge in [-0.3, -0.25) is 0 Å². The second-order valence-electron chi connectivity index (χ2n) is 5.89. The largest absolute Gasteiger partial charge is 0.416 e. The lowest BCUT2D eigenvalue weighted by molar-refractivity contribution is -0.137. The van der Waals surface area contributed by atoms with Gasteiger partial charge in [-0.1, -0.05) is 30.0 Å². The lowest BCUT2D eigenvalue weighted by Crippen LogP contribution is -2.05. The van der Waals surface area contributed by atoms with Crippen LogP contribution in [0.4, 0.5) is 13.2 Å². The Balaban J connectivity index is 1.77. The van der Waals surface area contributed by atoms with Crippen LogP contribution in [-0.2, 0) is 12.7 Å². The highest BCUT2D eigenvalue weighted by Crippen LogP contribution is 2.42. The summed E-state index contributed by atoms with van der Waals surface area (Å²) in [5, 5.41) is 9.31. The van der Waals surface area contributed by atoms with Gasteiger partial charge in [-0.2, -0.15) is 13.2 Å². The summed E-state index contributed by atoms with van der Waals surface area (Å²) in [5.41, 5.74) is 0.198. The second kappa shape index (κ2) is 6.63. The van der Waals surface area contributed by atoms with Gasteiger partial charge in [0.2, 0.25) is 0 Å². The molecule has 0 aliphatic heterocycles. The average Bonchev–Trinajstić information content (AvgIpc) is 3.31. The predicted molar refractivity (Wildman–Crippen MR) is 87.9 cm³/mol. The van der Waals surface area contributed by atoms with E-state index in [1.165, 1.54) is 23.9 Å². The van der Waals surface area contributed by atoms with Crippen LogP contribution in [0, 0.1) is 0 Å². The maximum atomic E-state index is 12.7. The third kappa shape index (κ3) is 3.66. The Bertz CT molecular complexity index is 718. The minimum Gasteiger partial charge on any atom is -0.302 e. The molecule has 2 aromatic rings. The Hall–Kier alpha value is -1.76. The smallest absolute Gasteiger partial charge is 0.302 e. The van der Waals surface area contributed by atoms with Crippen molar-refractivity contribution in [3.05, 3.63) is 53.9 Å². The fourth-order valence-electron chi connectivity index (χ4n) is 2.50. The molecule has 0 amide bonds. The first-order valence-corrected chi connectivity index (χ1v) is 8.66. The first kappa shape index (κ1) is 17.1. The second-order valence-corrected chi connectivity index (χ2v) is 7.20. The van der Waals surface area contributed by atoms with Crippen LogP contribution in [0.25, 0.3) is 0 Å². The van der Waals surface area contributed by atoms with Crippen molar-refractivity contribution in [2.75, 3.05) is 0 Å². The molecule has 3 rings (SSSR count). The van der Waals surface area contributed by atoms with E-state index in [0.717, 1.165) is 41.5 Å². The summed E-state index contributed by atoms with van der Waals surface area (Å²) >= 11 is 1.50. The number of benzene rings is 1. The number of rotatable bonds is 6. The minimum atomic E-state index is -4.31. The average molecular weight is 353 g/mol. The van der Waals surface area contributed by atoms with Crippen LogP contribution in [0.2, 0.25) is 0 Å². The minimum absolute atomic E-state index is 0.0212.